The minimum absolute atomic E-state index is 0. The predicted octanol–water partition coefficient (Wildman–Crippen LogP) is 3.40. The normalized spacial score (nSPS) is 7.89. The van der Waals surface area contributed by atoms with Gasteiger partial charge in [0.25, 0.3) is 5.91 Å². The quantitative estimate of drug-likeness (QED) is 0.436. The molecule has 0 aromatic heterocycles. The summed E-state index contributed by atoms with van der Waals surface area (Å²) in [7, 11) is 4.59. The van der Waals surface area contributed by atoms with Gasteiger partial charge >= 0.3 is 0 Å². The minimum Gasteiger partial charge on any atom is -0.555 e. The molecule has 0 aliphatic carbocycles. The zero-order valence-electron chi connectivity index (χ0n) is 13.2. The molecule has 0 radical (unpaired) electrons. The van der Waals surface area contributed by atoms with Crippen LogP contribution in [0.25, 0.3) is 0 Å². The van der Waals surface area contributed by atoms with E-state index in [2.05, 4.69) is 44.4 Å². The molecule has 1 N–H and O–H groups in total. The molecule has 0 rings (SSSR count). The molecule has 0 spiro atoms. The summed E-state index contributed by atoms with van der Waals surface area (Å²) in [5.74, 6) is 2.39. The monoisotopic (exact) mass is 398 g/mol. The fourth-order valence-corrected chi connectivity index (χ4v) is 0.875. The number of nitrogens with one attached hydrogen (secondary N) is 1. The maximum atomic E-state index is 9.83. The molecule has 4 heteroatoms. The van der Waals surface area contributed by atoms with Crippen molar-refractivity contribution in [2.75, 3.05) is 13.7 Å². The fraction of sp³-hybridized carbons (Fsp3) is 0.733. The van der Waals surface area contributed by atoms with E-state index in [1.807, 2.05) is 12.8 Å². The van der Waals surface area contributed by atoms with E-state index < -0.39 is 0 Å². The molecule has 0 aliphatic heterocycles. The summed E-state index contributed by atoms with van der Waals surface area (Å²) < 4.78 is 4.29. The molecule has 0 saturated carbocycles. The van der Waals surface area contributed by atoms with Crippen LogP contribution in [0.15, 0.2) is 0 Å². The number of amides is 1. The van der Waals surface area contributed by atoms with Crippen LogP contribution in [0.5, 0.6) is 0 Å². The number of rotatable bonds is 5. The van der Waals surface area contributed by atoms with Crippen molar-refractivity contribution in [3.8, 4) is 12.3 Å². The molecule has 0 fully saturated rings. The van der Waals surface area contributed by atoms with Crippen LogP contribution in [0.1, 0.15) is 53.4 Å². The Labute approximate surface area is 153 Å². The molecular weight excluding hydrogens is 370 g/mol. The number of carbonyl (C=O) groups is 1. The van der Waals surface area contributed by atoms with E-state index in [-0.39, 0.29) is 46.7 Å². The Bertz CT molecular complexity index is 199. The van der Waals surface area contributed by atoms with Gasteiger partial charge in [0.15, 0.2) is 0 Å². The first-order chi connectivity index (χ1) is 8.49. The summed E-state index contributed by atoms with van der Waals surface area (Å²) in [6, 6.07) is 0. The van der Waals surface area contributed by atoms with Crippen LogP contribution in [-0.4, -0.2) is 19.6 Å². The number of hydrogen-bond donors (Lipinski definition) is 1. The van der Waals surface area contributed by atoms with Crippen LogP contribution in [0.3, 0.4) is 0 Å². The number of unbranched alkanes of at least 4 members (excludes halogenated alkanes) is 2. The van der Waals surface area contributed by atoms with Crippen molar-refractivity contribution in [1.29, 1.82) is 0 Å². The fourth-order valence-electron chi connectivity index (χ4n) is 0.875. The van der Waals surface area contributed by atoms with Gasteiger partial charge in [-0.1, -0.05) is 46.5 Å². The first kappa shape index (κ1) is 27.6. The predicted molar refractivity (Wildman–Crippen MR) is 78.9 cm³/mol. The molecular formula is C15H30NNdO2-. The molecule has 0 atom stereocenters. The van der Waals surface area contributed by atoms with Gasteiger partial charge in [0.1, 0.15) is 0 Å². The molecule has 3 nitrogen and oxygen atoms in total. The third-order valence-electron chi connectivity index (χ3n) is 1.95. The van der Waals surface area contributed by atoms with Crippen molar-refractivity contribution in [3.63, 3.8) is 0 Å². The summed E-state index contributed by atoms with van der Waals surface area (Å²) in [5.41, 5.74) is 0. The molecule has 0 saturated heterocycles. The van der Waals surface area contributed by atoms with E-state index in [0.717, 1.165) is 5.92 Å². The molecule has 0 heterocycles. The van der Waals surface area contributed by atoms with Gasteiger partial charge < -0.3 is 10.1 Å². The Morgan fingerprint density at radius 1 is 1.37 bits per heavy atom. The minimum atomic E-state index is -0.380. The standard InChI is InChI=1S/C8H18.C4H5NO.C3H7O.Nd/c1-4-5-6-7-8(2)3;1-3-4(6)5-2;1-3-4-2;/h8H,4-7H2,1-3H3;1H,2H3,(H,5,6);2-3H2,1H3;/q;;-1;. The second-order valence-electron chi connectivity index (χ2n) is 4.11. The van der Waals surface area contributed by atoms with Gasteiger partial charge in [0, 0.05) is 54.5 Å². The Hall–Kier alpha value is 0.341. The molecule has 112 valence electrons. The number of terminal acetylenes is 1. The van der Waals surface area contributed by atoms with Gasteiger partial charge in [-0.3, -0.25) is 4.79 Å². The molecule has 19 heavy (non-hydrogen) atoms. The number of ether oxygens (including phenoxy) is 1. The first-order valence-electron chi connectivity index (χ1n) is 6.55. The van der Waals surface area contributed by atoms with E-state index in [9.17, 15) is 4.79 Å². The van der Waals surface area contributed by atoms with Crippen LogP contribution >= 0.6 is 0 Å². The van der Waals surface area contributed by atoms with Crippen molar-refractivity contribution >= 4 is 5.91 Å². The summed E-state index contributed by atoms with van der Waals surface area (Å²) in [6.45, 7) is 9.43. The van der Waals surface area contributed by atoms with Crippen molar-refractivity contribution in [2.45, 2.75) is 53.4 Å². The third-order valence-corrected chi connectivity index (χ3v) is 1.95. The smallest absolute Gasteiger partial charge is 0.295 e. The average molecular weight is 401 g/mol. The first-order valence-corrected chi connectivity index (χ1v) is 6.55. The summed E-state index contributed by atoms with van der Waals surface area (Å²) >= 11 is 0. The van der Waals surface area contributed by atoms with Gasteiger partial charge in [-0.2, -0.15) is 0 Å². The molecule has 0 bridgehead atoms. The van der Waals surface area contributed by atoms with E-state index in [4.69, 9.17) is 0 Å². The zero-order chi connectivity index (χ0) is 14.8. The van der Waals surface area contributed by atoms with Gasteiger partial charge in [-0.05, 0) is 18.8 Å². The van der Waals surface area contributed by atoms with Crippen molar-refractivity contribution in [3.05, 3.63) is 7.11 Å². The van der Waals surface area contributed by atoms with Crippen LogP contribution in [-0.2, 0) is 9.53 Å². The maximum absolute atomic E-state index is 9.83. The Morgan fingerprint density at radius 3 is 2.00 bits per heavy atom. The number of hydrogen-bond acceptors (Lipinski definition) is 2. The van der Waals surface area contributed by atoms with E-state index in [1.54, 1.807) is 0 Å². The van der Waals surface area contributed by atoms with E-state index in [1.165, 1.54) is 32.7 Å². The summed E-state index contributed by atoms with van der Waals surface area (Å²) in [4.78, 5) is 9.83. The summed E-state index contributed by atoms with van der Waals surface area (Å²) in [6.07, 6.45) is 10.2. The van der Waals surface area contributed by atoms with Crippen LogP contribution in [0.4, 0.5) is 0 Å². The van der Waals surface area contributed by atoms with Gasteiger partial charge in [-0.25, -0.2) is 7.11 Å². The van der Waals surface area contributed by atoms with Crippen LogP contribution < -0.4 is 5.32 Å². The second kappa shape index (κ2) is 26.8. The Kier molecular flexibility index (Phi) is 39.0. The van der Waals surface area contributed by atoms with Crippen LogP contribution in [0.2, 0.25) is 0 Å². The van der Waals surface area contributed by atoms with Crippen LogP contribution in [0, 0.1) is 66.2 Å². The molecule has 0 aromatic rings. The molecule has 0 unspecified atom stereocenters. The zero-order valence-corrected chi connectivity index (χ0v) is 16.4. The van der Waals surface area contributed by atoms with Crippen molar-refractivity contribution in [2.24, 2.45) is 5.92 Å². The SMILES string of the molecule is C#CC(=O)NC.CCCCCC(C)C.[CH2-]OCC.[Nd]. The number of carbonyl (C=O) groups excluding carboxylic acids is 1. The van der Waals surface area contributed by atoms with Gasteiger partial charge in [-0.15, -0.1) is 6.42 Å². The molecule has 0 aliphatic rings. The maximum Gasteiger partial charge on any atom is 0.295 e. The molecule has 1 amide bonds. The van der Waals surface area contributed by atoms with Crippen molar-refractivity contribution in [1.82, 2.24) is 5.32 Å². The van der Waals surface area contributed by atoms with E-state index >= 15 is 0 Å². The molecule has 0 aromatic carbocycles. The Morgan fingerprint density at radius 2 is 1.84 bits per heavy atom. The summed E-state index contributed by atoms with van der Waals surface area (Å²) in [5, 5.41) is 2.24. The van der Waals surface area contributed by atoms with Gasteiger partial charge in [0.2, 0.25) is 0 Å². The average Bonchev–Trinajstić information content (AvgIpc) is 2.38. The third kappa shape index (κ3) is 45.8. The second-order valence-corrected chi connectivity index (χ2v) is 4.11. The van der Waals surface area contributed by atoms with E-state index in [0.29, 0.717) is 6.61 Å². The Balaban J connectivity index is -0.0000000916. The van der Waals surface area contributed by atoms with Gasteiger partial charge in [0.05, 0.1) is 0 Å². The largest absolute Gasteiger partial charge is 0.555 e. The van der Waals surface area contributed by atoms with Crippen molar-refractivity contribution < 1.29 is 50.4 Å². The topological polar surface area (TPSA) is 38.3 Å².